The first-order valence-electron chi connectivity index (χ1n) is 6.72. The summed E-state index contributed by atoms with van der Waals surface area (Å²) in [6.07, 6.45) is 6.09. The van der Waals surface area contributed by atoms with Gasteiger partial charge in [-0.3, -0.25) is 4.79 Å². The molecular weight excluding hydrogens is 254 g/mol. The van der Waals surface area contributed by atoms with Crippen LogP contribution in [0.15, 0.2) is 0 Å². The van der Waals surface area contributed by atoms with Crippen molar-refractivity contribution in [2.24, 2.45) is 5.92 Å². The molecule has 18 heavy (non-hydrogen) atoms. The summed E-state index contributed by atoms with van der Waals surface area (Å²) in [4.78, 5) is 10.5. The molecule has 1 saturated heterocycles. The monoisotopic (exact) mass is 275 g/mol. The lowest BCUT2D eigenvalue weighted by Crippen LogP contribution is -2.50. The summed E-state index contributed by atoms with van der Waals surface area (Å²) >= 11 is 0. The number of hydrogen-bond acceptors (Lipinski definition) is 3. The maximum Gasteiger partial charge on any atom is 0.304 e. The van der Waals surface area contributed by atoms with Crippen LogP contribution in [0.4, 0.5) is 0 Å². The zero-order chi connectivity index (χ0) is 13.2. The van der Waals surface area contributed by atoms with Gasteiger partial charge in [-0.2, -0.15) is 4.31 Å². The number of sulfonamides is 1. The van der Waals surface area contributed by atoms with Crippen LogP contribution in [0.5, 0.6) is 0 Å². The fourth-order valence-electron chi connectivity index (χ4n) is 3.26. The lowest BCUT2D eigenvalue weighted by Gasteiger charge is -2.43. The number of carboxylic acid groups (broad SMARTS) is 1. The Morgan fingerprint density at radius 3 is 2.56 bits per heavy atom. The van der Waals surface area contributed by atoms with E-state index in [1.807, 2.05) is 0 Å². The Bertz CT molecular complexity index is 404. The summed E-state index contributed by atoms with van der Waals surface area (Å²) in [6.45, 7) is 0.573. The number of piperidine rings is 1. The SMILES string of the molecule is O=C(O)CCS(=O)(=O)N1CCCC2CCCCC21. The van der Waals surface area contributed by atoms with Crippen molar-refractivity contribution in [3.05, 3.63) is 0 Å². The first-order chi connectivity index (χ1) is 8.50. The van der Waals surface area contributed by atoms with E-state index in [-0.39, 0.29) is 18.2 Å². The summed E-state index contributed by atoms with van der Waals surface area (Å²) in [5, 5.41) is 8.62. The molecule has 1 saturated carbocycles. The van der Waals surface area contributed by atoms with E-state index in [0.717, 1.165) is 32.1 Å². The van der Waals surface area contributed by atoms with Crippen LogP contribution in [0, 0.1) is 5.92 Å². The number of carbonyl (C=O) groups is 1. The highest BCUT2D eigenvalue weighted by atomic mass is 32.2. The normalized spacial score (nSPS) is 29.8. The van der Waals surface area contributed by atoms with Gasteiger partial charge in [0.15, 0.2) is 0 Å². The van der Waals surface area contributed by atoms with Gasteiger partial charge in [0.05, 0.1) is 12.2 Å². The summed E-state index contributed by atoms with van der Waals surface area (Å²) in [7, 11) is -3.40. The van der Waals surface area contributed by atoms with Crippen molar-refractivity contribution in [2.75, 3.05) is 12.3 Å². The van der Waals surface area contributed by atoms with Gasteiger partial charge in [0.2, 0.25) is 10.0 Å². The topological polar surface area (TPSA) is 74.7 Å². The predicted octanol–water partition coefficient (Wildman–Crippen LogP) is 1.45. The molecule has 1 heterocycles. The van der Waals surface area contributed by atoms with Crippen molar-refractivity contribution >= 4 is 16.0 Å². The number of nitrogens with zero attached hydrogens (tertiary/aromatic N) is 1. The Morgan fingerprint density at radius 2 is 1.83 bits per heavy atom. The van der Waals surface area contributed by atoms with Crippen LogP contribution in [-0.2, 0) is 14.8 Å². The van der Waals surface area contributed by atoms with E-state index in [0.29, 0.717) is 12.5 Å². The van der Waals surface area contributed by atoms with E-state index >= 15 is 0 Å². The van der Waals surface area contributed by atoms with Crippen molar-refractivity contribution in [1.29, 1.82) is 0 Å². The van der Waals surface area contributed by atoms with Gasteiger partial charge in [0.25, 0.3) is 0 Å². The zero-order valence-electron chi connectivity index (χ0n) is 10.5. The Balaban J connectivity index is 2.07. The number of aliphatic carboxylic acids is 1. The van der Waals surface area contributed by atoms with Crippen LogP contribution in [0.25, 0.3) is 0 Å². The van der Waals surface area contributed by atoms with Gasteiger partial charge in [-0.05, 0) is 31.6 Å². The van der Waals surface area contributed by atoms with Gasteiger partial charge in [-0.25, -0.2) is 8.42 Å². The molecule has 0 spiro atoms. The number of carboxylic acids is 1. The second-order valence-corrected chi connectivity index (χ2v) is 7.37. The van der Waals surface area contributed by atoms with Gasteiger partial charge in [0, 0.05) is 12.6 Å². The maximum atomic E-state index is 12.2. The van der Waals surface area contributed by atoms with Crippen molar-refractivity contribution < 1.29 is 18.3 Å². The standard InChI is InChI=1S/C12H21NO4S/c14-12(15)7-9-18(16,17)13-8-3-5-10-4-1-2-6-11(10)13/h10-11H,1-9H2,(H,14,15). The van der Waals surface area contributed by atoms with Crippen LogP contribution in [0.1, 0.15) is 44.9 Å². The minimum absolute atomic E-state index is 0.131. The molecule has 0 aromatic heterocycles. The molecule has 0 radical (unpaired) electrons. The second-order valence-electron chi connectivity index (χ2n) is 5.32. The Labute approximate surface area is 108 Å². The molecule has 5 nitrogen and oxygen atoms in total. The van der Waals surface area contributed by atoms with Crippen LogP contribution in [0.3, 0.4) is 0 Å². The molecular formula is C12H21NO4S. The molecule has 2 unspecified atom stereocenters. The average Bonchev–Trinajstić information content (AvgIpc) is 2.36. The molecule has 1 aliphatic carbocycles. The lowest BCUT2D eigenvalue weighted by molar-refractivity contribution is -0.136. The molecule has 1 aliphatic heterocycles. The minimum atomic E-state index is -3.40. The molecule has 6 heteroatoms. The van der Waals surface area contributed by atoms with Gasteiger partial charge >= 0.3 is 5.97 Å². The maximum absolute atomic E-state index is 12.2. The summed E-state index contributed by atoms with van der Waals surface area (Å²) in [5.41, 5.74) is 0. The molecule has 104 valence electrons. The Morgan fingerprint density at radius 1 is 1.17 bits per heavy atom. The lowest BCUT2D eigenvalue weighted by atomic mass is 9.79. The van der Waals surface area contributed by atoms with Crippen LogP contribution in [0.2, 0.25) is 0 Å². The first-order valence-corrected chi connectivity index (χ1v) is 8.33. The summed E-state index contributed by atoms with van der Waals surface area (Å²) < 4.78 is 26.0. The predicted molar refractivity (Wildman–Crippen MR) is 67.7 cm³/mol. The van der Waals surface area contributed by atoms with Crippen molar-refractivity contribution in [2.45, 2.75) is 51.0 Å². The fraction of sp³-hybridized carbons (Fsp3) is 0.917. The Hall–Kier alpha value is -0.620. The highest BCUT2D eigenvalue weighted by Crippen LogP contribution is 2.36. The second kappa shape index (κ2) is 5.57. The zero-order valence-corrected chi connectivity index (χ0v) is 11.4. The van der Waals surface area contributed by atoms with E-state index in [1.165, 1.54) is 6.42 Å². The molecule has 0 aromatic carbocycles. The third-order valence-electron chi connectivity index (χ3n) is 4.12. The molecule has 2 fully saturated rings. The largest absolute Gasteiger partial charge is 0.481 e. The molecule has 0 bridgehead atoms. The van der Waals surface area contributed by atoms with Crippen LogP contribution in [-0.4, -0.2) is 42.1 Å². The molecule has 2 aliphatic rings. The van der Waals surface area contributed by atoms with E-state index in [2.05, 4.69) is 0 Å². The number of hydrogen-bond donors (Lipinski definition) is 1. The van der Waals surface area contributed by atoms with E-state index < -0.39 is 16.0 Å². The third-order valence-corrected chi connectivity index (χ3v) is 6.01. The van der Waals surface area contributed by atoms with Gasteiger partial charge in [-0.1, -0.05) is 12.8 Å². The highest BCUT2D eigenvalue weighted by molar-refractivity contribution is 7.89. The molecule has 2 rings (SSSR count). The summed E-state index contributed by atoms with van der Waals surface area (Å²) in [5.74, 6) is -0.811. The third kappa shape index (κ3) is 3.03. The van der Waals surface area contributed by atoms with Gasteiger partial charge in [0.1, 0.15) is 0 Å². The summed E-state index contributed by atoms with van der Waals surface area (Å²) in [6, 6.07) is 0.131. The molecule has 2 atom stereocenters. The fourth-order valence-corrected chi connectivity index (χ4v) is 5.02. The van der Waals surface area contributed by atoms with Crippen molar-refractivity contribution in [1.82, 2.24) is 4.31 Å². The Kier molecular flexibility index (Phi) is 4.27. The van der Waals surface area contributed by atoms with E-state index in [9.17, 15) is 13.2 Å². The first kappa shape index (κ1) is 13.8. The average molecular weight is 275 g/mol. The van der Waals surface area contributed by atoms with Crippen molar-refractivity contribution in [3.8, 4) is 0 Å². The van der Waals surface area contributed by atoms with Crippen LogP contribution < -0.4 is 0 Å². The smallest absolute Gasteiger partial charge is 0.304 e. The molecule has 1 N–H and O–H groups in total. The minimum Gasteiger partial charge on any atom is -0.481 e. The molecule has 0 aromatic rings. The molecule has 0 amide bonds. The van der Waals surface area contributed by atoms with Crippen molar-refractivity contribution in [3.63, 3.8) is 0 Å². The number of fused-ring (bicyclic) bond motifs is 1. The highest BCUT2D eigenvalue weighted by Gasteiger charge is 2.39. The van der Waals surface area contributed by atoms with Gasteiger partial charge < -0.3 is 5.11 Å². The quantitative estimate of drug-likeness (QED) is 0.842. The number of rotatable bonds is 4. The van der Waals surface area contributed by atoms with E-state index in [1.54, 1.807) is 4.31 Å². The van der Waals surface area contributed by atoms with Crippen LogP contribution >= 0.6 is 0 Å². The van der Waals surface area contributed by atoms with E-state index in [4.69, 9.17) is 5.11 Å². The van der Waals surface area contributed by atoms with Gasteiger partial charge in [-0.15, -0.1) is 0 Å².